The summed E-state index contributed by atoms with van der Waals surface area (Å²) in [5.41, 5.74) is -7.32. The number of aromatic nitrogens is 1. The van der Waals surface area contributed by atoms with Crippen LogP contribution >= 0.6 is 0 Å². The Kier molecular flexibility index (Phi) is 8.64. The maximum Gasteiger partial charge on any atom is 0.534 e. The molecule has 2 aliphatic rings. The maximum atomic E-state index is 13.2. The molecule has 1 unspecified atom stereocenters. The van der Waals surface area contributed by atoms with Crippen molar-refractivity contribution in [3.63, 3.8) is 0 Å². The largest absolute Gasteiger partial charge is 0.534 e. The lowest BCUT2D eigenvalue weighted by molar-refractivity contribution is -0.0500. The van der Waals surface area contributed by atoms with Gasteiger partial charge in [-0.15, -0.1) is 0 Å². The predicted octanol–water partition coefficient (Wildman–Crippen LogP) is 4.54. The molecule has 0 bridgehead atoms. The molecule has 1 saturated carbocycles. The van der Waals surface area contributed by atoms with Gasteiger partial charge in [-0.05, 0) is 32.3 Å². The quantitative estimate of drug-likeness (QED) is 0.173. The highest BCUT2D eigenvalue weighted by atomic mass is 32.2. The zero-order valence-corrected chi connectivity index (χ0v) is 22.2. The molecule has 210 valence electrons. The van der Waals surface area contributed by atoms with E-state index in [2.05, 4.69) is 14.5 Å². The first-order chi connectivity index (χ1) is 17.8. The summed E-state index contributed by atoms with van der Waals surface area (Å²) in [6.45, 7) is 3.41. The van der Waals surface area contributed by atoms with Gasteiger partial charge >= 0.3 is 21.6 Å². The summed E-state index contributed by atoms with van der Waals surface area (Å²) in [7, 11) is -3.13. The molecule has 1 fully saturated rings. The average molecular weight is 562 g/mol. The summed E-state index contributed by atoms with van der Waals surface area (Å²) in [6.07, 6.45) is 5.94. The molecule has 38 heavy (non-hydrogen) atoms. The van der Waals surface area contributed by atoms with Crippen LogP contribution in [0.1, 0.15) is 55.6 Å². The summed E-state index contributed by atoms with van der Waals surface area (Å²) in [6, 6.07) is 0.755. The van der Waals surface area contributed by atoms with Crippen LogP contribution in [-0.2, 0) is 24.3 Å². The fourth-order valence-electron chi connectivity index (χ4n) is 4.03. The van der Waals surface area contributed by atoms with E-state index in [1.54, 1.807) is 6.08 Å². The molecule has 2 N–H and O–H groups in total. The highest BCUT2D eigenvalue weighted by Gasteiger charge is 2.49. The molecule has 3 rings (SSSR count). The first kappa shape index (κ1) is 29.3. The molecule has 1 aromatic heterocycles. The van der Waals surface area contributed by atoms with Crippen molar-refractivity contribution in [2.45, 2.75) is 45.0 Å². The number of nitrogens with one attached hydrogen (secondary N) is 2. The summed E-state index contributed by atoms with van der Waals surface area (Å²) in [5, 5.41) is 11.7. The van der Waals surface area contributed by atoms with Gasteiger partial charge < -0.3 is 29.1 Å². The maximum absolute atomic E-state index is 13.2. The van der Waals surface area contributed by atoms with Gasteiger partial charge in [0.1, 0.15) is 17.3 Å². The van der Waals surface area contributed by atoms with Crippen molar-refractivity contribution in [1.29, 1.82) is 5.41 Å². The minimum Gasteiger partial charge on any atom is -0.500 e. The Bertz CT molecular complexity index is 1260. The van der Waals surface area contributed by atoms with E-state index >= 15 is 0 Å². The fraction of sp³-hybridized carbons (Fsp3) is 0.542. The lowest BCUT2D eigenvalue weighted by atomic mass is 9.79. The molecule has 10 nitrogen and oxygen atoms in total. The number of nitrogens with zero attached hydrogens (tertiary/aromatic N) is 1. The van der Waals surface area contributed by atoms with Crippen molar-refractivity contribution in [2.75, 3.05) is 32.7 Å². The van der Waals surface area contributed by atoms with E-state index in [0.29, 0.717) is 30.8 Å². The van der Waals surface area contributed by atoms with Crippen LogP contribution in [0.3, 0.4) is 0 Å². The van der Waals surface area contributed by atoms with Crippen molar-refractivity contribution >= 4 is 27.6 Å². The van der Waals surface area contributed by atoms with Crippen molar-refractivity contribution in [2.24, 2.45) is 11.3 Å². The Morgan fingerprint density at radius 2 is 1.95 bits per heavy atom. The number of anilines is 1. The number of hydrogen-bond acceptors (Lipinski definition) is 10. The minimum absolute atomic E-state index is 0.0613. The van der Waals surface area contributed by atoms with Gasteiger partial charge in [0.05, 0.1) is 26.4 Å². The number of carbonyl (C=O) groups is 1. The molecule has 0 radical (unpaired) electrons. The third-order valence-corrected chi connectivity index (χ3v) is 7.42. The molecule has 1 aromatic rings. The number of ether oxygens (including phenoxy) is 3. The molecule has 0 aromatic carbocycles. The number of allylic oxidation sites excluding steroid dienone is 2. The van der Waals surface area contributed by atoms with Gasteiger partial charge in [0, 0.05) is 35.7 Å². The highest BCUT2D eigenvalue weighted by Crippen LogP contribution is 2.40. The van der Waals surface area contributed by atoms with E-state index in [-0.39, 0.29) is 36.2 Å². The second kappa shape index (κ2) is 11.2. The average Bonchev–Trinajstić information content (AvgIpc) is 2.80. The monoisotopic (exact) mass is 561 g/mol. The van der Waals surface area contributed by atoms with Crippen LogP contribution in [0.15, 0.2) is 29.7 Å². The number of carbonyl (C=O) groups excluding carboxylic acids is 1. The van der Waals surface area contributed by atoms with Gasteiger partial charge in [0.25, 0.3) is 0 Å². The van der Waals surface area contributed by atoms with Crippen molar-refractivity contribution < 1.29 is 44.8 Å². The van der Waals surface area contributed by atoms with Crippen molar-refractivity contribution in [1.82, 2.24) is 4.98 Å². The molecule has 0 amide bonds. The summed E-state index contributed by atoms with van der Waals surface area (Å²) >= 11 is 0. The molecule has 14 heteroatoms. The van der Waals surface area contributed by atoms with Gasteiger partial charge in [-0.1, -0.05) is 13.3 Å². The third kappa shape index (κ3) is 6.05. The second-order valence-electron chi connectivity index (χ2n) is 9.12. The van der Waals surface area contributed by atoms with Crippen molar-refractivity contribution in [3.8, 4) is 5.75 Å². The standard InChI is InChI=1S/C24H30F3N3O7S/c1-5-36-22(31)16-12-17(37-38(32,33)24(25,26)27)19(20(28)14-7-6-8-14)21(30-16)29-13-23(2)10-9-15(34-3)11-18(23)35-4/h9,11-12,14,28H,5-8,10,13H2,1-4H3,(H,29,30). The number of halogens is 3. The lowest BCUT2D eigenvalue weighted by Gasteiger charge is -2.34. The topological polar surface area (TPSA) is 137 Å². The van der Waals surface area contributed by atoms with Crippen LogP contribution in [0.25, 0.3) is 0 Å². The van der Waals surface area contributed by atoms with Gasteiger partial charge in [0.2, 0.25) is 0 Å². The normalized spacial score (nSPS) is 20.0. The van der Waals surface area contributed by atoms with E-state index in [9.17, 15) is 26.4 Å². The van der Waals surface area contributed by atoms with Gasteiger partial charge in [-0.2, -0.15) is 21.6 Å². The van der Waals surface area contributed by atoms with E-state index in [1.165, 1.54) is 21.1 Å². The Morgan fingerprint density at radius 3 is 2.47 bits per heavy atom. The molecule has 0 aliphatic heterocycles. The van der Waals surface area contributed by atoms with Crippen LogP contribution in [0, 0.1) is 16.7 Å². The fourth-order valence-corrected chi connectivity index (χ4v) is 4.49. The molecule has 0 spiro atoms. The second-order valence-corrected chi connectivity index (χ2v) is 10.7. The number of methoxy groups -OCH3 is 2. The van der Waals surface area contributed by atoms with Crippen LogP contribution in [0.5, 0.6) is 5.75 Å². The first-order valence-electron chi connectivity index (χ1n) is 11.8. The summed E-state index contributed by atoms with van der Waals surface area (Å²) < 4.78 is 83.8. The van der Waals surface area contributed by atoms with E-state index < -0.39 is 38.5 Å². The first-order valence-corrected chi connectivity index (χ1v) is 13.2. The van der Waals surface area contributed by atoms with Crippen LogP contribution in [-0.4, -0.2) is 58.0 Å². The number of hydrogen-bond donors (Lipinski definition) is 2. The summed E-state index contributed by atoms with van der Waals surface area (Å²) in [5.74, 6) is -1.23. The van der Waals surface area contributed by atoms with Crippen LogP contribution in [0.2, 0.25) is 0 Å². The number of alkyl halides is 3. The van der Waals surface area contributed by atoms with Crippen LogP contribution in [0.4, 0.5) is 19.0 Å². The zero-order valence-electron chi connectivity index (χ0n) is 21.4. The van der Waals surface area contributed by atoms with Gasteiger partial charge in [-0.3, -0.25) is 0 Å². The Hall–Kier alpha value is -3.29. The third-order valence-electron chi connectivity index (χ3n) is 6.46. The van der Waals surface area contributed by atoms with Crippen molar-refractivity contribution in [3.05, 3.63) is 41.0 Å². The SMILES string of the molecule is CCOC(=O)c1cc(OS(=O)(=O)C(F)(F)F)c(C(=N)C2CCC2)c(NCC2(C)CC=C(OC)C=C2OC)n1. The molecule has 1 heterocycles. The van der Waals surface area contributed by atoms with Gasteiger partial charge in [-0.25, -0.2) is 9.78 Å². The Morgan fingerprint density at radius 1 is 1.26 bits per heavy atom. The predicted molar refractivity (Wildman–Crippen MR) is 131 cm³/mol. The lowest BCUT2D eigenvalue weighted by Crippen LogP contribution is -2.33. The Labute approximate surface area is 218 Å². The van der Waals surface area contributed by atoms with Gasteiger partial charge in [0.15, 0.2) is 11.4 Å². The smallest absolute Gasteiger partial charge is 0.500 e. The summed E-state index contributed by atoms with van der Waals surface area (Å²) in [4.78, 5) is 16.7. The number of rotatable bonds is 11. The van der Waals surface area contributed by atoms with E-state index in [1.807, 2.05) is 13.0 Å². The molecular formula is C24H30F3N3O7S. The van der Waals surface area contributed by atoms with E-state index in [4.69, 9.17) is 19.6 Å². The van der Waals surface area contributed by atoms with E-state index in [0.717, 1.165) is 12.5 Å². The molecule has 2 aliphatic carbocycles. The number of esters is 1. The molecule has 1 atom stereocenters. The molecule has 0 saturated heterocycles. The Balaban J connectivity index is 2.12. The highest BCUT2D eigenvalue weighted by molar-refractivity contribution is 7.88. The number of pyridine rings is 1. The zero-order chi connectivity index (χ0) is 28.3. The minimum atomic E-state index is -6.12. The van der Waals surface area contributed by atoms with Crippen LogP contribution < -0.4 is 9.50 Å². The molecular weight excluding hydrogens is 531 g/mol.